The molecule has 0 aliphatic rings. The van der Waals surface area contributed by atoms with Crippen LogP contribution in [0.3, 0.4) is 0 Å². The van der Waals surface area contributed by atoms with Gasteiger partial charge in [0.15, 0.2) is 0 Å². The van der Waals surface area contributed by atoms with Crippen molar-refractivity contribution in [2.24, 2.45) is 0 Å². The van der Waals surface area contributed by atoms with E-state index < -0.39 is 30.9 Å². The highest BCUT2D eigenvalue weighted by atomic mass is 32.1. The molecule has 0 aliphatic carbocycles. The smallest absolute Gasteiger partial charge is 0.374 e. The minimum atomic E-state index is -3.85. The lowest BCUT2D eigenvalue weighted by Gasteiger charge is -2.10. The van der Waals surface area contributed by atoms with Gasteiger partial charge in [-0.25, -0.2) is 4.79 Å². The van der Waals surface area contributed by atoms with Crippen molar-refractivity contribution in [2.45, 2.75) is 12.3 Å². The second-order valence-corrected chi connectivity index (χ2v) is 2.45. The first-order valence-corrected chi connectivity index (χ1v) is 3.91. The van der Waals surface area contributed by atoms with Crippen molar-refractivity contribution in [1.29, 1.82) is 0 Å². The van der Waals surface area contributed by atoms with Gasteiger partial charge in [0.1, 0.15) is 0 Å². The Balaban J connectivity index is 3.76. The first kappa shape index (κ1) is 12.2. The predicted octanol–water partition coefficient (Wildman–Crippen LogP) is 0.569. The van der Waals surface area contributed by atoms with Crippen LogP contribution in [0.4, 0.5) is 8.78 Å². The number of hydrogen-bond acceptors (Lipinski definition) is 4. The van der Waals surface area contributed by atoms with Crippen molar-refractivity contribution in [3.05, 3.63) is 0 Å². The first-order valence-electron chi connectivity index (χ1n) is 3.28. The molecule has 0 unspecified atom stereocenters. The number of carbonyl (C=O) groups is 2. The molecule has 0 atom stereocenters. The number of ether oxygens (including phenoxy) is 1. The molecule has 0 heterocycles. The SMILES string of the molecule is O=C(CS)OCCC(F)(F)C(=O)O. The van der Waals surface area contributed by atoms with E-state index in [4.69, 9.17) is 5.11 Å². The van der Waals surface area contributed by atoms with Crippen LogP contribution in [0.2, 0.25) is 0 Å². The molecule has 0 radical (unpaired) electrons. The Bertz CT molecular complexity index is 207. The zero-order valence-corrected chi connectivity index (χ0v) is 7.39. The van der Waals surface area contributed by atoms with E-state index in [0.29, 0.717) is 0 Å². The Hall–Kier alpha value is -0.850. The quantitative estimate of drug-likeness (QED) is 0.518. The van der Waals surface area contributed by atoms with Gasteiger partial charge >= 0.3 is 17.9 Å². The molecule has 0 aromatic rings. The van der Waals surface area contributed by atoms with Crippen LogP contribution >= 0.6 is 12.6 Å². The van der Waals surface area contributed by atoms with Crippen molar-refractivity contribution in [3.8, 4) is 0 Å². The number of carbonyl (C=O) groups excluding carboxylic acids is 1. The molecule has 0 amide bonds. The zero-order valence-electron chi connectivity index (χ0n) is 6.50. The Morgan fingerprint density at radius 2 is 2.00 bits per heavy atom. The fourth-order valence-corrected chi connectivity index (χ4v) is 0.537. The summed E-state index contributed by atoms with van der Waals surface area (Å²) in [6.45, 7) is -0.626. The maximum atomic E-state index is 12.3. The predicted molar refractivity (Wildman–Crippen MR) is 42.0 cm³/mol. The van der Waals surface area contributed by atoms with Gasteiger partial charge in [-0.15, -0.1) is 0 Å². The van der Waals surface area contributed by atoms with Gasteiger partial charge in [0, 0.05) is 0 Å². The number of halogens is 2. The zero-order chi connectivity index (χ0) is 10.5. The molecule has 4 nitrogen and oxygen atoms in total. The minimum absolute atomic E-state index is 0.224. The fraction of sp³-hybridized carbons (Fsp3) is 0.667. The molecule has 0 saturated heterocycles. The van der Waals surface area contributed by atoms with Crippen LogP contribution in [0, 0.1) is 0 Å². The Labute approximate surface area is 78.3 Å². The van der Waals surface area contributed by atoms with Gasteiger partial charge in [-0.2, -0.15) is 21.4 Å². The summed E-state index contributed by atoms with van der Waals surface area (Å²) in [4.78, 5) is 20.2. The standard InChI is InChI=1S/C6H8F2O4S/c7-6(8,5(10)11)1-2-12-4(9)3-13/h13H,1-3H2,(H,10,11). The van der Waals surface area contributed by atoms with Crippen LogP contribution in [0.15, 0.2) is 0 Å². The number of aliphatic carboxylic acids is 1. The van der Waals surface area contributed by atoms with Crippen molar-refractivity contribution < 1.29 is 28.2 Å². The van der Waals surface area contributed by atoms with Crippen LogP contribution in [-0.4, -0.2) is 35.3 Å². The lowest BCUT2D eigenvalue weighted by molar-refractivity contribution is -0.168. The molecule has 1 N–H and O–H groups in total. The molecule has 13 heavy (non-hydrogen) atoms. The third kappa shape index (κ3) is 4.66. The largest absolute Gasteiger partial charge is 0.477 e. The lowest BCUT2D eigenvalue weighted by atomic mass is 10.2. The second kappa shape index (κ2) is 5.00. The summed E-state index contributed by atoms with van der Waals surface area (Å²) in [7, 11) is 0. The number of alkyl halides is 2. The van der Waals surface area contributed by atoms with Crippen molar-refractivity contribution in [2.75, 3.05) is 12.4 Å². The molecule has 0 aliphatic heterocycles. The van der Waals surface area contributed by atoms with Gasteiger partial charge in [0.05, 0.1) is 18.8 Å². The molecule has 76 valence electrons. The number of rotatable bonds is 5. The van der Waals surface area contributed by atoms with Crippen LogP contribution in [0.1, 0.15) is 6.42 Å². The molecule has 0 rings (SSSR count). The molecular weight excluding hydrogens is 206 g/mol. The molecule has 7 heteroatoms. The summed E-state index contributed by atoms with van der Waals surface area (Å²) in [5.74, 6) is -7.06. The third-order valence-electron chi connectivity index (χ3n) is 1.12. The molecule has 0 aromatic carbocycles. The number of hydrogen-bond donors (Lipinski definition) is 2. The monoisotopic (exact) mass is 214 g/mol. The maximum absolute atomic E-state index is 12.3. The van der Waals surface area contributed by atoms with Gasteiger partial charge < -0.3 is 9.84 Å². The van der Waals surface area contributed by atoms with Crippen LogP contribution < -0.4 is 0 Å². The van der Waals surface area contributed by atoms with Crippen LogP contribution in [-0.2, 0) is 14.3 Å². The lowest BCUT2D eigenvalue weighted by Crippen LogP contribution is -2.30. The molecule has 0 saturated carbocycles. The fourth-order valence-electron chi connectivity index (χ4n) is 0.446. The average Bonchev–Trinajstić information content (AvgIpc) is 2.03. The van der Waals surface area contributed by atoms with E-state index in [-0.39, 0.29) is 5.75 Å². The molecular formula is C6H8F2O4S. The number of thiol groups is 1. The van der Waals surface area contributed by atoms with E-state index in [9.17, 15) is 18.4 Å². The van der Waals surface area contributed by atoms with Crippen LogP contribution in [0.5, 0.6) is 0 Å². The summed E-state index contributed by atoms with van der Waals surface area (Å²) in [5, 5.41) is 7.96. The molecule has 0 fully saturated rings. The highest BCUT2D eigenvalue weighted by Gasteiger charge is 2.38. The Morgan fingerprint density at radius 1 is 1.46 bits per heavy atom. The first-order chi connectivity index (χ1) is 5.90. The third-order valence-corrected chi connectivity index (χ3v) is 1.38. The van der Waals surface area contributed by atoms with Gasteiger partial charge in [-0.05, 0) is 0 Å². The highest BCUT2D eigenvalue weighted by molar-refractivity contribution is 7.81. The van der Waals surface area contributed by atoms with E-state index in [1.807, 2.05) is 0 Å². The molecule has 0 aromatic heterocycles. The van der Waals surface area contributed by atoms with E-state index in [0.717, 1.165) is 0 Å². The Morgan fingerprint density at radius 3 is 2.38 bits per heavy atom. The number of carboxylic acid groups (broad SMARTS) is 1. The van der Waals surface area contributed by atoms with E-state index in [1.54, 1.807) is 0 Å². The summed E-state index contributed by atoms with van der Waals surface area (Å²) in [6, 6.07) is 0. The maximum Gasteiger partial charge on any atom is 0.374 e. The second-order valence-electron chi connectivity index (χ2n) is 2.14. The van der Waals surface area contributed by atoms with Crippen molar-refractivity contribution in [3.63, 3.8) is 0 Å². The van der Waals surface area contributed by atoms with Gasteiger partial charge in [0.25, 0.3) is 0 Å². The van der Waals surface area contributed by atoms with Gasteiger partial charge in [-0.1, -0.05) is 0 Å². The average molecular weight is 214 g/mol. The van der Waals surface area contributed by atoms with Gasteiger partial charge in [0.2, 0.25) is 0 Å². The van der Waals surface area contributed by atoms with Crippen molar-refractivity contribution in [1.82, 2.24) is 0 Å². The molecule has 0 bridgehead atoms. The Kier molecular flexibility index (Phi) is 4.68. The van der Waals surface area contributed by atoms with E-state index in [1.165, 1.54) is 0 Å². The number of carboxylic acids is 1. The summed E-state index contributed by atoms with van der Waals surface area (Å²) >= 11 is 3.52. The summed E-state index contributed by atoms with van der Waals surface area (Å²) in [5.41, 5.74) is 0. The normalized spacial score (nSPS) is 11.0. The number of esters is 1. The molecule has 0 spiro atoms. The topological polar surface area (TPSA) is 63.6 Å². The van der Waals surface area contributed by atoms with E-state index >= 15 is 0 Å². The van der Waals surface area contributed by atoms with Gasteiger partial charge in [-0.3, -0.25) is 4.79 Å². The van der Waals surface area contributed by atoms with E-state index in [2.05, 4.69) is 17.4 Å². The van der Waals surface area contributed by atoms with Crippen LogP contribution in [0.25, 0.3) is 0 Å². The minimum Gasteiger partial charge on any atom is -0.477 e. The van der Waals surface area contributed by atoms with Crippen molar-refractivity contribution >= 4 is 24.6 Å². The summed E-state index contributed by atoms with van der Waals surface area (Å²) < 4.78 is 28.8. The summed E-state index contributed by atoms with van der Waals surface area (Å²) in [6.07, 6.45) is -1.03. The highest BCUT2D eigenvalue weighted by Crippen LogP contribution is 2.18.